The summed E-state index contributed by atoms with van der Waals surface area (Å²) in [5.41, 5.74) is 0.879. The van der Waals surface area contributed by atoms with Crippen molar-refractivity contribution in [2.45, 2.75) is 19.3 Å². The van der Waals surface area contributed by atoms with Crippen LogP contribution in [0.4, 0.5) is 0 Å². The van der Waals surface area contributed by atoms with Crippen LogP contribution in [0.25, 0.3) is 0 Å². The molecule has 0 saturated heterocycles. The smallest absolute Gasteiger partial charge is 0.0510 e. The Balaban J connectivity index is 3.05. The van der Waals surface area contributed by atoms with E-state index in [1.54, 1.807) is 0 Å². The van der Waals surface area contributed by atoms with Gasteiger partial charge < -0.3 is 0 Å². The van der Waals surface area contributed by atoms with Gasteiger partial charge in [0.05, 0.1) is 5.41 Å². The predicted octanol–water partition coefficient (Wildman–Crippen LogP) is 2.40. The van der Waals surface area contributed by atoms with Gasteiger partial charge in [-0.25, -0.2) is 0 Å². The Kier molecular flexibility index (Phi) is 2.01. The van der Waals surface area contributed by atoms with Gasteiger partial charge >= 0.3 is 0 Å². The van der Waals surface area contributed by atoms with Gasteiger partial charge in [-0.05, 0) is 25.5 Å². The maximum atomic E-state index is 5.37. The molecule has 0 aliphatic rings. The van der Waals surface area contributed by atoms with Crippen LogP contribution in [-0.4, -0.2) is 0 Å². The molecule has 1 radical (unpaired) electrons. The Morgan fingerprint density at radius 3 is 2.64 bits per heavy atom. The molecule has 0 aliphatic heterocycles. The van der Waals surface area contributed by atoms with Crippen LogP contribution in [0.1, 0.15) is 19.4 Å². The summed E-state index contributed by atoms with van der Waals surface area (Å²) in [6, 6.07) is 10.9. The van der Waals surface area contributed by atoms with Gasteiger partial charge in [0, 0.05) is 0 Å². The largest absolute Gasteiger partial charge is 0.119 e. The van der Waals surface area contributed by atoms with Crippen molar-refractivity contribution in [1.29, 1.82) is 0 Å². The molecule has 0 saturated carbocycles. The van der Waals surface area contributed by atoms with Crippen molar-refractivity contribution in [3.8, 4) is 12.3 Å². The zero-order chi connectivity index (χ0) is 8.32. The molecule has 0 N–H and O–H groups in total. The molecule has 0 bridgehead atoms. The molecule has 0 aromatic heterocycles. The molecule has 0 atom stereocenters. The van der Waals surface area contributed by atoms with E-state index in [4.69, 9.17) is 6.42 Å². The highest BCUT2D eigenvalue weighted by molar-refractivity contribution is 5.30. The van der Waals surface area contributed by atoms with E-state index in [0.29, 0.717) is 0 Å². The fourth-order valence-electron chi connectivity index (χ4n) is 0.860. The summed E-state index contributed by atoms with van der Waals surface area (Å²) in [6.07, 6.45) is 5.37. The lowest BCUT2D eigenvalue weighted by Gasteiger charge is -2.16. The fraction of sp³-hybridized carbons (Fsp3) is 0.273. The summed E-state index contributed by atoms with van der Waals surface area (Å²) >= 11 is 0. The molecule has 0 aliphatic carbocycles. The van der Waals surface area contributed by atoms with Crippen LogP contribution in [0.15, 0.2) is 24.3 Å². The van der Waals surface area contributed by atoms with Crippen molar-refractivity contribution < 1.29 is 0 Å². The minimum Gasteiger partial charge on any atom is -0.119 e. The quantitative estimate of drug-likeness (QED) is 0.529. The van der Waals surface area contributed by atoms with Gasteiger partial charge in [0.25, 0.3) is 0 Å². The third-order valence-corrected chi connectivity index (χ3v) is 1.74. The van der Waals surface area contributed by atoms with Crippen molar-refractivity contribution in [2.24, 2.45) is 0 Å². The molecular weight excluding hydrogens is 132 g/mol. The SMILES string of the molecule is C#CC(C)(C)c1[c]cccc1. The van der Waals surface area contributed by atoms with E-state index in [1.165, 1.54) is 0 Å². The molecule has 0 spiro atoms. The van der Waals surface area contributed by atoms with E-state index in [0.717, 1.165) is 5.56 Å². The monoisotopic (exact) mass is 143 g/mol. The van der Waals surface area contributed by atoms with Gasteiger partial charge in [0.2, 0.25) is 0 Å². The lowest BCUT2D eigenvalue weighted by Crippen LogP contribution is -2.13. The third kappa shape index (κ3) is 1.62. The third-order valence-electron chi connectivity index (χ3n) is 1.74. The van der Waals surface area contributed by atoms with Crippen LogP contribution in [0.2, 0.25) is 0 Å². The van der Waals surface area contributed by atoms with Crippen molar-refractivity contribution >= 4 is 0 Å². The molecule has 0 heteroatoms. The Hall–Kier alpha value is -1.22. The first-order valence-electron chi connectivity index (χ1n) is 3.62. The Morgan fingerprint density at radius 1 is 1.45 bits per heavy atom. The molecular formula is C11H11. The summed E-state index contributed by atoms with van der Waals surface area (Å²) in [4.78, 5) is 0. The second-order valence-electron chi connectivity index (χ2n) is 3.05. The van der Waals surface area contributed by atoms with Crippen molar-refractivity contribution in [3.63, 3.8) is 0 Å². The van der Waals surface area contributed by atoms with E-state index in [1.807, 2.05) is 38.1 Å². The lowest BCUT2D eigenvalue weighted by molar-refractivity contribution is 0.698. The van der Waals surface area contributed by atoms with Crippen LogP contribution in [-0.2, 0) is 5.41 Å². The van der Waals surface area contributed by atoms with Gasteiger partial charge in [-0.1, -0.05) is 30.2 Å². The van der Waals surface area contributed by atoms with Crippen LogP contribution in [0, 0.1) is 18.4 Å². The second-order valence-corrected chi connectivity index (χ2v) is 3.05. The van der Waals surface area contributed by atoms with E-state index in [9.17, 15) is 0 Å². The highest BCUT2D eigenvalue weighted by atomic mass is 14.2. The molecule has 1 rings (SSSR count). The lowest BCUT2D eigenvalue weighted by atomic mass is 9.86. The Bertz CT molecular complexity index is 262. The molecule has 0 unspecified atom stereocenters. The van der Waals surface area contributed by atoms with Gasteiger partial charge in [-0.3, -0.25) is 0 Å². The molecule has 55 valence electrons. The minimum absolute atomic E-state index is 0.193. The standard InChI is InChI=1S/C11H11/c1-4-11(2,3)10-8-6-5-7-9-10/h1,5-8H,2-3H3. The van der Waals surface area contributed by atoms with Gasteiger partial charge in [-0.2, -0.15) is 0 Å². The summed E-state index contributed by atoms with van der Waals surface area (Å²) in [5.74, 6) is 2.73. The van der Waals surface area contributed by atoms with Crippen molar-refractivity contribution in [2.75, 3.05) is 0 Å². The van der Waals surface area contributed by atoms with Gasteiger partial charge in [0.1, 0.15) is 0 Å². The first-order valence-corrected chi connectivity index (χ1v) is 3.62. The molecule has 1 aromatic carbocycles. The van der Waals surface area contributed by atoms with Crippen LogP contribution >= 0.6 is 0 Å². The number of hydrogen-bond acceptors (Lipinski definition) is 0. The molecule has 0 amide bonds. The normalized spacial score (nSPS) is 10.6. The number of hydrogen-bond donors (Lipinski definition) is 0. The van der Waals surface area contributed by atoms with Crippen molar-refractivity contribution in [3.05, 3.63) is 35.9 Å². The minimum atomic E-state index is -0.193. The average Bonchev–Trinajstić information content (AvgIpc) is 2.06. The summed E-state index contributed by atoms with van der Waals surface area (Å²) in [6.45, 7) is 4.03. The maximum Gasteiger partial charge on any atom is 0.0510 e. The van der Waals surface area contributed by atoms with E-state index in [2.05, 4.69) is 12.0 Å². The number of terminal acetylenes is 1. The summed E-state index contributed by atoms with van der Waals surface area (Å²) in [7, 11) is 0. The highest BCUT2D eigenvalue weighted by Crippen LogP contribution is 2.20. The topological polar surface area (TPSA) is 0 Å². The predicted molar refractivity (Wildman–Crippen MR) is 47.1 cm³/mol. The van der Waals surface area contributed by atoms with Crippen LogP contribution < -0.4 is 0 Å². The van der Waals surface area contributed by atoms with E-state index in [-0.39, 0.29) is 5.41 Å². The fourth-order valence-corrected chi connectivity index (χ4v) is 0.860. The summed E-state index contributed by atoms with van der Waals surface area (Å²) < 4.78 is 0. The molecule has 0 nitrogen and oxygen atoms in total. The first kappa shape index (κ1) is 7.88. The highest BCUT2D eigenvalue weighted by Gasteiger charge is 2.15. The van der Waals surface area contributed by atoms with Crippen molar-refractivity contribution in [1.82, 2.24) is 0 Å². The molecule has 0 fully saturated rings. The number of rotatable bonds is 1. The van der Waals surface area contributed by atoms with E-state index >= 15 is 0 Å². The van der Waals surface area contributed by atoms with Crippen LogP contribution in [0.5, 0.6) is 0 Å². The van der Waals surface area contributed by atoms with Gasteiger partial charge in [0.15, 0.2) is 0 Å². The first-order chi connectivity index (χ1) is 5.17. The average molecular weight is 143 g/mol. The summed E-state index contributed by atoms with van der Waals surface area (Å²) in [5, 5.41) is 0. The second kappa shape index (κ2) is 2.80. The van der Waals surface area contributed by atoms with Crippen LogP contribution in [0.3, 0.4) is 0 Å². The zero-order valence-electron chi connectivity index (χ0n) is 6.89. The molecule has 1 aromatic rings. The van der Waals surface area contributed by atoms with E-state index < -0.39 is 0 Å². The number of benzene rings is 1. The Morgan fingerprint density at radius 2 is 2.18 bits per heavy atom. The molecule has 11 heavy (non-hydrogen) atoms. The molecule has 0 heterocycles. The maximum absolute atomic E-state index is 5.37. The zero-order valence-corrected chi connectivity index (χ0v) is 6.89. The van der Waals surface area contributed by atoms with Gasteiger partial charge in [-0.15, -0.1) is 6.42 Å². The Labute approximate surface area is 68.3 Å².